The molecule has 252 valence electrons. The fourth-order valence-corrected chi connectivity index (χ4v) is 7.12. The maximum absolute atomic E-state index is 14.7. The molecule has 3 heterocycles. The number of benzene rings is 3. The summed E-state index contributed by atoms with van der Waals surface area (Å²) in [6.07, 6.45) is 5.75. The minimum atomic E-state index is -0.254. The number of hydrogen-bond donors (Lipinski definition) is 2. The number of methoxy groups -OCH3 is 1. The summed E-state index contributed by atoms with van der Waals surface area (Å²) in [5, 5.41) is 4.07. The molecule has 2 amide bonds. The summed E-state index contributed by atoms with van der Waals surface area (Å²) in [5.41, 5.74) is 9.82. The number of nitrogens with zero attached hydrogens (tertiary/aromatic N) is 4. The lowest BCUT2D eigenvalue weighted by molar-refractivity contribution is 0.0910. The van der Waals surface area contributed by atoms with Crippen molar-refractivity contribution in [3.05, 3.63) is 95.6 Å². The molecule has 0 saturated carbocycles. The Morgan fingerprint density at radius 3 is 2.33 bits per heavy atom. The fraction of sp³-hybridized carbons (Fsp3) is 0.410. The average molecular weight is 649 g/mol. The summed E-state index contributed by atoms with van der Waals surface area (Å²) in [4.78, 5) is 40.1. The quantitative estimate of drug-likeness (QED) is 0.202. The number of para-hydroxylation sites is 2. The Morgan fingerprint density at radius 2 is 1.60 bits per heavy atom. The number of unbranched alkanes of at least 4 members (excludes halogenated alkanes) is 1. The molecule has 2 aliphatic heterocycles. The van der Waals surface area contributed by atoms with Crippen LogP contribution >= 0.6 is 0 Å². The van der Waals surface area contributed by atoms with Gasteiger partial charge in [0.25, 0.3) is 11.8 Å². The maximum Gasteiger partial charge on any atom is 0.262 e. The molecule has 1 aromatic heterocycles. The first-order valence-electron chi connectivity index (χ1n) is 17.4. The molecule has 9 heteroatoms. The number of carbonyl (C=O) groups excluding carboxylic acids is 2. The second-order valence-corrected chi connectivity index (χ2v) is 13.1. The fourth-order valence-electron chi connectivity index (χ4n) is 7.12. The molecule has 2 saturated heterocycles. The van der Waals surface area contributed by atoms with Crippen LogP contribution in [0.15, 0.2) is 78.9 Å². The predicted octanol–water partition coefficient (Wildman–Crippen LogP) is 6.13. The SMILES string of the molecule is CCCCN1CCC(NC(=O)c2ccccc2N(C(=O)c2cc3cccc(OC)c3nc2N)C2CCN(Cc3ccccc3)CC2)CC1. The first-order chi connectivity index (χ1) is 23.4. The summed E-state index contributed by atoms with van der Waals surface area (Å²) in [6, 6.07) is 25.3. The molecule has 0 spiro atoms. The Labute approximate surface area is 284 Å². The van der Waals surface area contributed by atoms with E-state index in [1.165, 1.54) is 18.4 Å². The highest BCUT2D eigenvalue weighted by atomic mass is 16.5. The van der Waals surface area contributed by atoms with Crippen molar-refractivity contribution in [1.29, 1.82) is 0 Å². The number of ether oxygens (including phenoxy) is 1. The number of amides is 2. The summed E-state index contributed by atoms with van der Waals surface area (Å²) in [7, 11) is 1.59. The first-order valence-corrected chi connectivity index (χ1v) is 17.4. The van der Waals surface area contributed by atoms with Crippen molar-refractivity contribution in [1.82, 2.24) is 20.1 Å². The number of carbonyl (C=O) groups is 2. The zero-order valence-electron chi connectivity index (χ0n) is 28.2. The average Bonchev–Trinajstić information content (AvgIpc) is 3.12. The molecule has 6 rings (SSSR count). The van der Waals surface area contributed by atoms with Gasteiger partial charge >= 0.3 is 0 Å². The second kappa shape index (κ2) is 15.6. The van der Waals surface area contributed by atoms with E-state index in [1.807, 2.05) is 53.4 Å². The lowest BCUT2D eigenvalue weighted by atomic mass is 9.98. The van der Waals surface area contributed by atoms with Crippen LogP contribution in [0.3, 0.4) is 0 Å². The smallest absolute Gasteiger partial charge is 0.262 e. The van der Waals surface area contributed by atoms with Crippen molar-refractivity contribution in [2.45, 2.75) is 64.1 Å². The molecule has 9 nitrogen and oxygen atoms in total. The number of anilines is 2. The third kappa shape index (κ3) is 7.63. The van der Waals surface area contributed by atoms with E-state index in [-0.39, 0.29) is 29.7 Å². The Balaban J connectivity index is 1.28. The lowest BCUT2D eigenvalue weighted by Gasteiger charge is -2.39. The van der Waals surface area contributed by atoms with Crippen molar-refractivity contribution in [2.75, 3.05) is 50.5 Å². The summed E-state index contributed by atoms with van der Waals surface area (Å²) >= 11 is 0. The summed E-state index contributed by atoms with van der Waals surface area (Å²) < 4.78 is 5.51. The van der Waals surface area contributed by atoms with E-state index in [0.717, 1.165) is 70.3 Å². The van der Waals surface area contributed by atoms with Gasteiger partial charge in [0.1, 0.15) is 17.1 Å². The monoisotopic (exact) mass is 648 g/mol. The molecule has 0 bridgehead atoms. The second-order valence-electron chi connectivity index (χ2n) is 13.1. The zero-order valence-corrected chi connectivity index (χ0v) is 28.2. The number of fused-ring (bicyclic) bond motifs is 1. The Hall–Kier alpha value is -4.47. The maximum atomic E-state index is 14.7. The van der Waals surface area contributed by atoms with Gasteiger partial charge in [0, 0.05) is 50.2 Å². The standard InChI is InChI=1S/C39H48N6O3/c1-3-4-21-43-22-17-30(18-23-43)41-38(46)32-14-8-9-15-34(32)45(31-19-24-44(25-20-31)27-28-11-6-5-7-12-28)39(47)33-26-29-13-10-16-35(48-2)36(29)42-37(33)40/h5-16,26,30-31H,3-4,17-25,27H2,1-2H3,(H2,40,42)(H,41,46). The van der Waals surface area contributed by atoms with E-state index in [4.69, 9.17) is 10.5 Å². The van der Waals surface area contributed by atoms with Crippen molar-refractivity contribution >= 4 is 34.2 Å². The van der Waals surface area contributed by atoms with Crippen molar-refractivity contribution < 1.29 is 14.3 Å². The highest BCUT2D eigenvalue weighted by Gasteiger charge is 2.34. The molecular weight excluding hydrogens is 600 g/mol. The lowest BCUT2D eigenvalue weighted by Crippen LogP contribution is -2.49. The third-order valence-corrected chi connectivity index (χ3v) is 9.84. The third-order valence-electron chi connectivity index (χ3n) is 9.84. The minimum absolute atomic E-state index is 0.101. The molecule has 48 heavy (non-hydrogen) atoms. The molecule has 3 aromatic carbocycles. The molecule has 0 unspecified atom stereocenters. The van der Waals surface area contributed by atoms with Crippen LogP contribution in [0.2, 0.25) is 0 Å². The summed E-state index contributed by atoms with van der Waals surface area (Å²) in [5.74, 6) is 0.335. The van der Waals surface area contributed by atoms with E-state index >= 15 is 0 Å². The number of nitrogen functional groups attached to an aromatic ring is 1. The van der Waals surface area contributed by atoms with Crippen LogP contribution in [0.1, 0.15) is 71.7 Å². The van der Waals surface area contributed by atoms with E-state index in [2.05, 4.69) is 51.3 Å². The zero-order chi connectivity index (χ0) is 33.5. The van der Waals surface area contributed by atoms with Gasteiger partial charge in [-0.15, -0.1) is 0 Å². The van der Waals surface area contributed by atoms with Gasteiger partial charge in [0.05, 0.1) is 23.9 Å². The molecular formula is C39H48N6O3. The number of pyridine rings is 1. The molecule has 0 atom stereocenters. The van der Waals surface area contributed by atoms with Gasteiger partial charge in [0.2, 0.25) is 0 Å². The van der Waals surface area contributed by atoms with Crippen LogP contribution in [0, 0.1) is 0 Å². The largest absolute Gasteiger partial charge is 0.494 e. The minimum Gasteiger partial charge on any atom is -0.494 e. The molecule has 4 aromatic rings. The number of nitrogens with two attached hydrogens (primary N) is 1. The van der Waals surface area contributed by atoms with Crippen LogP contribution < -0.4 is 20.7 Å². The highest BCUT2D eigenvalue weighted by Crippen LogP contribution is 2.33. The number of likely N-dealkylation sites (tertiary alicyclic amines) is 2. The Kier molecular flexibility index (Phi) is 10.9. The number of rotatable bonds is 11. The van der Waals surface area contributed by atoms with E-state index < -0.39 is 0 Å². The van der Waals surface area contributed by atoms with Gasteiger partial charge in [-0.3, -0.25) is 14.5 Å². The Morgan fingerprint density at radius 1 is 0.896 bits per heavy atom. The topological polar surface area (TPSA) is 104 Å². The Bertz CT molecular complexity index is 1700. The number of hydrogen-bond acceptors (Lipinski definition) is 7. The van der Waals surface area contributed by atoms with Gasteiger partial charge in [-0.25, -0.2) is 4.98 Å². The number of nitrogens with one attached hydrogen (secondary N) is 1. The van der Waals surface area contributed by atoms with Crippen LogP contribution in [0.25, 0.3) is 10.9 Å². The molecule has 2 aliphatic rings. The first kappa shape index (κ1) is 33.4. The molecule has 0 aliphatic carbocycles. The van der Waals surface area contributed by atoms with Crippen molar-refractivity contribution in [2.24, 2.45) is 0 Å². The van der Waals surface area contributed by atoms with Gasteiger partial charge in [0.15, 0.2) is 0 Å². The molecule has 0 radical (unpaired) electrons. The van der Waals surface area contributed by atoms with E-state index in [1.54, 1.807) is 13.2 Å². The van der Waals surface area contributed by atoms with Gasteiger partial charge in [-0.2, -0.15) is 0 Å². The van der Waals surface area contributed by atoms with Crippen molar-refractivity contribution in [3.63, 3.8) is 0 Å². The predicted molar refractivity (Wildman–Crippen MR) is 193 cm³/mol. The summed E-state index contributed by atoms with van der Waals surface area (Å²) in [6.45, 7) is 7.82. The van der Waals surface area contributed by atoms with Crippen LogP contribution in [-0.2, 0) is 6.54 Å². The van der Waals surface area contributed by atoms with Gasteiger partial charge in [-0.05, 0) is 68.5 Å². The van der Waals surface area contributed by atoms with E-state index in [9.17, 15) is 9.59 Å². The van der Waals surface area contributed by atoms with E-state index in [0.29, 0.717) is 28.1 Å². The van der Waals surface area contributed by atoms with Crippen molar-refractivity contribution in [3.8, 4) is 5.75 Å². The number of piperidine rings is 2. The molecule has 2 fully saturated rings. The van der Waals surface area contributed by atoms with Gasteiger partial charge < -0.3 is 25.6 Å². The van der Waals surface area contributed by atoms with Crippen LogP contribution in [-0.4, -0.2) is 78.5 Å². The molecule has 3 N–H and O–H groups in total. The highest BCUT2D eigenvalue weighted by molar-refractivity contribution is 6.14. The number of aromatic nitrogens is 1. The normalized spacial score (nSPS) is 16.5. The van der Waals surface area contributed by atoms with Crippen LogP contribution in [0.5, 0.6) is 5.75 Å². The van der Waals surface area contributed by atoms with Gasteiger partial charge in [-0.1, -0.05) is 67.9 Å². The van der Waals surface area contributed by atoms with Crippen LogP contribution in [0.4, 0.5) is 11.5 Å².